The second-order valence-electron chi connectivity index (χ2n) is 6.54. The number of thioether (sulfide) groups is 1. The molecule has 146 valence electrons. The summed E-state index contributed by atoms with van der Waals surface area (Å²) in [6, 6.07) is 17.5. The fourth-order valence-corrected chi connectivity index (χ4v) is 4.11. The number of amides is 1. The van der Waals surface area contributed by atoms with E-state index in [-0.39, 0.29) is 5.91 Å². The number of nitrogens with zero attached hydrogens (tertiary/aromatic N) is 1. The molecule has 3 aromatic carbocycles. The summed E-state index contributed by atoms with van der Waals surface area (Å²) in [7, 11) is 0. The van der Waals surface area contributed by atoms with E-state index >= 15 is 0 Å². The number of nitrogens with one attached hydrogen (secondary N) is 1. The van der Waals surface area contributed by atoms with Gasteiger partial charge in [-0.25, -0.2) is 4.99 Å². The van der Waals surface area contributed by atoms with Gasteiger partial charge in [-0.15, -0.1) is 0 Å². The number of amidine groups is 1. The zero-order valence-corrected chi connectivity index (χ0v) is 17.6. The Balaban J connectivity index is 1.74. The molecule has 0 bridgehead atoms. The van der Waals surface area contributed by atoms with Crippen molar-refractivity contribution in [2.75, 3.05) is 6.61 Å². The number of hydrogen-bond donors (Lipinski definition) is 1. The lowest BCUT2D eigenvalue weighted by molar-refractivity contribution is -0.115. The quantitative estimate of drug-likeness (QED) is 0.517. The molecule has 0 radical (unpaired) electrons. The van der Waals surface area contributed by atoms with Crippen LogP contribution in [0.2, 0.25) is 5.02 Å². The van der Waals surface area contributed by atoms with Crippen LogP contribution in [0.1, 0.15) is 18.1 Å². The summed E-state index contributed by atoms with van der Waals surface area (Å²) < 4.78 is 5.81. The van der Waals surface area contributed by atoms with Crippen molar-refractivity contribution >= 4 is 57.0 Å². The molecule has 3 aromatic rings. The number of aryl methyl sites for hydroxylation is 1. The van der Waals surface area contributed by atoms with Gasteiger partial charge in [-0.05, 0) is 66.2 Å². The van der Waals surface area contributed by atoms with E-state index < -0.39 is 0 Å². The Labute approximate surface area is 178 Å². The minimum Gasteiger partial charge on any atom is -0.493 e. The van der Waals surface area contributed by atoms with E-state index in [1.807, 2.05) is 68.5 Å². The standard InChI is InChI=1S/C23H19ClN2O2S/c1-3-28-20-11-9-15-6-4-5-7-17(15)18(20)13-21-22(27)26-23(29-21)25-19-12-16(24)10-8-14(19)2/h4-13H,3H2,1-2H3,(H,25,26,27)/b21-13-. The van der Waals surface area contributed by atoms with Crippen LogP contribution in [0, 0.1) is 6.92 Å². The summed E-state index contributed by atoms with van der Waals surface area (Å²) in [4.78, 5) is 17.7. The highest BCUT2D eigenvalue weighted by molar-refractivity contribution is 8.18. The molecule has 1 aliphatic heterocycles. The number of carbonyl (C=O) groups excluding carboxylic acids is 1. The van der Waals surface area contributed by atoms with Crippen LogP contribution in [0.5, 0.6) is 5.75 Å². The van der Waals surface area contributed by atoms with Gasteiger partial charge < -0.3 is 10.1 Å². The van der Waals surface area contributed by atoms with Gasteiger partial charge in [0.1, 0.15) is 5.75 Å². The molecule has 1 amide bonds. The third-order valence-corrected chi connectivity index (χ3v) is 5.69. The molecule has 0 aromatic heterocycles. The first-order valence-corrected chi connectivity index (χ1v) is 10.4. The third-order valence-electron chi connectivity index (χ3n) is 4.55. The molecule has 0 saturated carbocycles. The number of ether oxygens (including phenoxy) is 1. The minimum absolute atomic E-state index is 0.177. The van der Waals surface area contributed by atoms with Crippen molar-refractivity contribution in [2.24, 2.45) is 4.99 Å². The average molecular weight is 423 g/mol. The Bertz CT molecular complexity index is 1170. The maximum absolute atomic E-state index is 12.6. The van der Waals surface area contributed by atoms with Crippen LogP contribution in [0.4, 0.5) is 5.69 Å². The van der Waals surface area contributed by atoms with Crippen LogP contribution in [0.25, 0.3) is 16.8 Å². The number of benzene rings is 3. The molecule has 0 spiro atoms. The van der Waals surface area contributed by atoms with Gasteiger partial charge in [0.05, 0.1) is 17.2 Å². The van der Waals surface area contributed by atoms with Crippen molar-refractivity contribution in [3.8, 4) is 5.75 Å². The van der Waals surface area contributed by atoms with Crippen molar-refractivity contribution in [3.05, 3.63) is 75.7 Å². The van der Waals surface area contributed by atoms with Gasteiger partial charge in [-0.2, -0.15) is 0 Å². The highest BCUT2D eigenvalue weighted by atomic mass is 35.5. The first-order valence-electron chi connectivity index (χ1n) is 9.25. The molecular weight excluding hydrogens is 404 g/mol. The smallest absolute Gasteiger partial charge is 0.264 e. The number of hydrogen-bond acceptors (Lipinski definition) is 4. The van der Waals surface area contributed by atoms with Gasteiger partial charge in [0, 0.05) is 10.6 Å². The molecule has 4 nitrogen and oxygen atoms in total. The summed E-state index contributed by atoms with van der Waals surface area (Å²) in [6.45, 7) is 4.45. The van der Waals surface area contributed by atoms with Crippen LogP contribution in [-0.2, 0) is 4.79 Å². The Kier molecular flexibility index (Phi) is 5.60. The fraction of sp³-hybridized carbons (Fsp3) is 0.130. The molecule has 1 heterocycles. The summed E-state index contributed by atoms with van der Waals surface area (Å²) in [5.74, 6) is 0.576. The largest absolute Gasteiger partial charge is 0.493 e. The van der Waals surface area contributed by atoms with Crippen LogP contribution < -0.4 is 10.1 Å². The second-order valence-corrected chi connectivity index (χ2v) is 8.01. The van der Waals surface area contributed by atoms with Crippen molar-refractivity contribution in [2.45, 2.75) is 13.8 Å². The zero-order valence-electron chi connectivity index (χ0n) is 16.0. The van der Waals surface area contributed by atoms with Gasteiger partial charge in [0.2, 0.25) is 0 Å². The SMILES string of the molecule is CCOc1ccc2ccccc2c1/C=C1\SC(=Nc2cc(Cl)ccc2C)NC1=O. The molecular formula is C23H19ClN2O2S. The van der Waals surface area contributed by atoms with Crippen molar-refractivity contribution in [1.29, 1.82) is 0 Å². The van der Waals surface area contributed by atoms with E-state index in [2.05, 4.69) is 10.3 Å². The van der Waals surface area contributed by atoms with E-state index in [9.17, 15) is 4.79 Å². The summed E-state index contributed by atoms with van der Waals surface area (Å²) >= 11 is 7.39. The highest BCUT2D eigenvalue weighted by Gasteiger charge is 2.25. The normalized spacial score (nSPS) is 16.6. The maximum Gasteiger partial charge on any atom is 0.264 e. The number of fused-ring (bicyclic) bond motifs is 1. The Morgan fingerprint density at radius 1 is 1.17 bits per heavy atom. The lowest BCUT2D eigenvalue weighted by Crippen LogP contribution is -2.19. The zero-order chi connectivity index (χ0) is 20.4. The van der Waals surface area contributed by atoms with Crippen LogP contribution in [-0.4, -0.2) is 17.7 Å². The summed E-state index contributed by atoms with van der Waals surface area (Å²) in [6.07, 6.45) is 1.88. The number of carbonyl (C=O) groups is 1. The van der Waals surface area contributed by atoms with E-state index in [4.69, 9.17) is 16.3 Å². The minimum atomic E-state index is -0.177. The summed E-state index contributed by atoms with van der Waals surface area (Å²) in [5, 5.41) is 6.11. The molecule has 1 aliphatic rings. The Morgan fingerprint density at radius 2 is 2.00 bits per heavy atom. The molecule has 0 unspecified atom stereocenters. The molecule has 4 rings (SSSR count). The van der Waals surface area contributed by atoms with E-state index in [1.54, 1.807) is 6.07 Å². The number of rotatable bonds is 4. The topological polar surface area (TPSA) is 50.7 Å². The Hall–Kier alpha value is -2.76. The van der Waals surface area contributed by atoms with Crippen molar-refractivity contribution in [3.63, 3.8) is 0 Å². The van der Waals surface area contributed by atoms with Gasteiger partial charge in [-0.1, -0.05) is 48.0 Å². The van der Waals surface area contributed by atoms with Crippen LogP contribution in [0.3, 0.4) is 0 Å². The van der Waals surface area contributed by atoms with E-state index in [0.29, 0.717) is 21.7 Å². The van der Waals surface area contributed by atoms with Gasteiger partial charge in [0.15, 0.2) is 5.17 Å². The highest BCUT2D eigenvalue weighted by Crippen LogP contribution is 2.35. The molecule has 0 atom stereocenters. The maximum atomic E-state index is 12.6. The fourth-order valence-electron chi connectivity index (χ4n) is 3.13. The number of halogens is 1. The Morgan fingerprint density at radius 3 is 2.83 bits per heavy atom. The van der Waals surface area contributed by atoms with E-state index in [0.717, 1.165) is 33.3 Å². The van der Waals surface area contributed by atoms with Crippen molar-refractivity contribution < 1.29 is 9.53 Å². The van der Waals surface area contributed by atoms with E-state index in [1.165, 1.54) is 11.8 Å². The molecule has 29 heavy (non-hydrogen) atoms. The van der Waals surface area contributed by atoms with Gasteiger partial charge in [0.25, 0.3) is 5.91 Å². The molecule has 0 aliphatic carbocycles. The predicted molar refractivity (Wildman–Crippen MR) is 122 cm³/mol. The average Bonchev–Trinajstić information content (AvgIpc) is 3.05. The van der Waals surface area contributed by atoms with Crippen LogP contribution >= 0.6 is 23.4 Å². The monoisotopic (exact) mass is 422 g/mol. The molecule has 1 saturated heterocycles. The van der Waals surface area contributed by atoms with Gasteiger partial charge >= 0.3 is 0 Å². The molecule has 6 heteroatoms. The van der Waals surface area contributed by atoms with Gasteiger partial charge in [-0.3, -0.25) is 4.79 Å². The number of aliphatic imine (C=N–C) groups is 1. The third kappa shape index (κ3) is 4.16. The predicted octanol–water partition coefficient (Wildman–Crippen LogP) is 6.09. The lowest BCUT2D eigenvalue weighted by atomic mass is 10.0. The van der Waals surface area contributed by atoms with Crippen LogP contribution in [0.15, 0.2) is 64.5 Å². The van der Waals surface area contributed by atoms with Crippen molar-refractivity contribution in [1.82, 2.24) is 5.32 Å². The first kappa shape index (κ1) is 19.6. The molecule has 1 N–H and O–H groups in total. The second kappa shape index (κ2) is 8.31. The lowest BCUT2D eigenvalue weighted by Gasteiger charge is -2.11. The molecule has 1 fully saturated rings. The summed E-state index contributed by atoms with van der Waals surface area (Å²) in [5.41, 5.74) is 2.62. The first-order chi connectivity index (χ1) is 14.0.